The van der Waals surface area contributed by atoms with E-state index in [0.717, 1.165) is 6.16 Å². The number of rotatable bonds is 4. The molecule has 0 bridgehead atoms. The van der Waals surface area contributed by atoms with Crippen LogP contribution in [0, 0.1) is 88.9 Å². The van der Waals surface area contributed by atoms with Gasteiger partial charge in [-0.05, 0) is 49.6 Å². The van der Waals surface area contributed by atoms with Gasteiger partial charge in [0.05, 0.1) is 6.16 Å². The molecule has 0 saturated heterocycles. The molecule has 3 aromatic rings. The van der Waals surface area contributed by atoms with Crippen molar-refractivity contribution < 1.29 is 119 Å². The maximum Gasteiger partial charge on any atom is 0 e. The average molecular weight is 1920 g/mol. The topological polar surface area (TPSA) is 17.1 Å². The SMILES string of the molecule is CC[P+](c1ccccc1)(c1ccccc1)c1ccccc1.I.[CH-]1CCC1.[CH-]1CCC1.[CH2-]C.[CH2-]C=O.[I][V]([I])[I].[I][V][I].[U].[U].[V].[V]. The summed E-state index contributed by atoms with van der Waals surface area (Å²) in [5.41, 5.74) is 0. The maximum atomic E-state index is 8.69. The Labute approximate surface area is 438 Å². The van der Waals surface area contributed by atoms with Gasteiger partial charge in [-0.3, -0.25) is 0 Å². The Hall–Kier alpha value is 6.45. The van der Waals surface area contributed by atoms with Gasteiger partial charge in [-0.1, -0.05) is 54.6 Å². The van der Waals surface area contributed by atoms with Gasteiger partial charge in [0, 0.05) is 99.3 Å². The Morgan fingerprint density at radius 2 is 0.870 bits per heavy atom. The summed E-state index contributed by atoms with van der Waals surface area (Å²) in [4.78, 5) is 8.42. The van der Waals surface area contributed by atoms with Gasteiger partial charge in [-0.2, -0.15) is 32.6 Å². The summed E-state index contributed by atoms with van der Waals surface area (Å²) >= 11 is 12.1. The second kappa shape index (κ2) is 51.5. The van der Waals surface area contributed by atoms with Gasteiger partial charge < -0.3 is 31.5 Å². The minimum absolute atomic E-state index is 0. The Morgan fingerprint density at radius 1 is 0.717 bits per heavy atom. The first-order chi connectivity index (χ1) is 19.9. The Balaban J connectivity index is -0.000000101. The molecule has 2 fully saturated rings. The second-order valence-corrected chi connectivity index (χ2v) is 59.0. The molecule has 46 heavy (non-hydrogen) atoms. The van der Waals surface area contributed by atoms with Crippen LogP contribution in [-0.2, 0) is 56.3 Å². The molecule has 2 radical (unpaired) electrons. The average Bonchev–Trinajstić information content (AvgIpc) is 2.91. The summed E-state index contributed by atoms with van der Waals surface area (Å²) in [7, 11) is -0.907. The molecule has 0 unspecified atom stereocenters. The van der Waals surface area contributed by atoms with E-state index in [0.29, 0.717) is 15.8 Å². The first kappa shape index (κ1) is 67.2. The van der Waals surface area contributed by atoms with Crippen molar-refractivity contribution in [3.05, 3.63) is 118 Å². The summed E-state index contributed by atoms with van der Waals surface area (Å²) < 4.78 is 0. The molecule has 0 atom stereocenters. The zero-order valence-electron chi connectivity index (χ0n) is 26.2. The number of carbonyl (C=O) groups excluding carboxylic acids is 1. The van der Waals surface area contributed by atoms with E-state index >= 15 is 0 Å². The zero-order chi connectivity index (χ0) is 31.2. The molecule has 3 aromatic carbocycles. The third-order valence-corrected chi connectivity index (χ3v) is 10.2. The van der Waals surface area contributed by atoms with Crippen LogP contribution in [0.5, 0.6) is 0 Å². The number of hydrogen-bond donors (Lipinski definition) is 0. The van der Waals surface area contributed by atoms with E-state index in [1.807, 2.05) is 0 Å². The quantitative estimate of drug-likeness (QED) is 0.110. The van der Waals surface area contributed by atoms with Gasteiger partial charge in [0.15, 0.2) is 0 Å². The molecule has 1 nitrogen and oxygen atoms in total. The maximum absolute atomic E-state index is 8.69. The van der Waals surface area contributed by atoms with Crippen molar-refractivity contribution in [3.8, 4) is 0 Å². The van der Waals surface area contributed by atoms with Gasteiger partial charge in [0.1, 0.15) is 23.2 Å². The molecule has 0 aliphatic heterocycles. The van der Waals surface area contributed by atoms with Crippen LogP contribution in [0.1, 0.15) is 52.4 Å². The second-order valence-electron chi connectivity index (χ2n) is 7.99. The van der Waals surface area contributed by atoms with Crippen molar-refractivity contribution in [1.82, 2.24) is 0 Å². The molecule has 0 N–H and O–H groups in total. The molecule has 0 heterocycles. The fourth-order valence-corrected chi connectivity index (χ4v) is 7.48. The summed E-state index contributed by atoms with van der Waals surface area (Å²) in [5, 5.41) is 4.39. The Morgan fingerprint density at radius 3 is 0.978 bits per heavy atom. The van der Waals surface area contributed by atoms with Crippen molar-refractivity contribution in [3.63, 3.8) is 0 Å². The van der Waals surface area contributed by atoms with Crippen LogP contribution in [0.4, 0.5) is 0 Å². The van der Waals surface area contributed by atoms with Crippen LogP contribution >= 0.6 is 131 Å². The largest absolute Gasteiger partial charge is 0 e. The van der Waals surface area contributed by atoms with Crippen LogP contribution in [0.15, 0.2) is 91.0 Å². The Kier molecular flexibility index (Phi) is 75.2. The molecule has 2 aliphatic carbocycles. The normalized spacial score (nSPS) is 10.8. The molecule has 2 aliphatic rings. The zero-order valence-corrected chi connectivity index (χ0v) is 54.1. The minimum atomic E-state index is -1.53. The van der Waals surface area contributed by atoms with Crippen molar-refractivity contribution in [2.24, 2.45) is 0 Å². The first-order valence-corrected chi connectivity index (χ1v) is 37.8. The third kappa shape index (κ3) is 34.9. The van der Waals surface area contributed by atoms with Gasteiger partial charge in [0.25, 0.3) is 0 Å². The van der Waals surface area contributed by atoms with E-state index in [-0.39, 0.29) is 128 Å². The smallest absolute Gasteiger partial charge is 0 e. The first-order valence-electron chi connectivity index (χ1n) is 13.3. The summed E-state index contributed by atoms with van der Waals surface area (Å²) in [5.74, 6) is 0. The van der Waals surface area contributed by atoms with Crippen molar-refractivity contribution in [1.29, 1.82) is 0 Å². The molecule has 0 aromatic heterocycles. The molecule has 5 rings (SSSR count). The monoisotopic (exact) mass is 1920 g/mol. The van der Waals surface area contributed by atoms with Crippen molar-refractivity contribution >= 4 is 153 Å². The van der Waals surface area contributed by atoms with E-state index in [1.54, 1.807) is 6.92 Å². The standard InChI is InChI=1S/C20H20P.2C4H7.C2H3O.C2H5.6HI.2U.4V/c1-2-21(18-12-6-3-7-13-18,19-14-8-4-9-15-19)20-16-10-5-11-17-20;2*1-2-4-3-1;1-2-3;1-2;;;;;;;;;;;;/h3-17H,2H2,1H3;2*1H,2-4H2;2H,1H2;1H2,2H3;6*1H;;;;;;/q+1;4*-1;;;;;;;;;;;+2;+3/p-5. The van der Waals surface area contributed by atoms with E-state index in [4.69, 9.17) is 4.79 Å². The van der Waals surface area contributed by atoms with Crippen LogP contribution in [0.3, 0.4) is 0 Å². The van der Waals surface area contributed by atoms with Gasteiger partial charge in [-0.25, -0.2) is 0 Å². The van der Waals surface area contributed by atoms with Gasteiger partial charge in [0.2, 0.25) is 0 Å². The molecule has 0 amide bonds. The summed E-state index contributed by atoms with van der Waals surface area (Å²) in [6.07, 6.45) is 14.6. The van der Waals surface area contributed by atoms with Crippen LogP contribution < -0.4 is 15.9 Å². The van der Waals surface area contributed by atoms with E-state index in [9.17, 15) is 0 Å². The van der Waals surface area contributed by atoms with Crippen molar-refractivity contribution in [2.75, 3.05) is 6.16 Å². The molecular weight excluding hydrogens is 1870 g/mol. The predicted octanol–water partition coefficient (Wildman–Crippen LogP) is 12.6. The molecule has 0 spiro atoms. The third-order valence-electron chi connectivity index (χ3n) is 5.70. The fraction of sp³-hybridized carbons (Fsp3) is 0.281. The van der Waals surface area contributed by atoms with Crippen LogP contribution in [-0.4, -0.2) is 12.4 Å². The van der Waals surface area contributed by atoms with Crippen LogP contribution in [0.2, 0.25) is 0 Å². The molecule has 255 valence electrons. The Bertz CT molecular complexity index is 838. The summed E-state index contributed by atoms with van der Waals surface area (Å²) in [6.45, 7) is 10.1. The molecule has 2 saturated carbocycles. The fourth-order valence-electron chi connectivity index (χ4n) is 3.45. The summed E-state index contributed by atoms with van der Waals surface area (Å²) in [6, 6.07) is 33.0. The van der Waals surface area contributed by atoms with E-state index < -0.39 is 7.26 Å². The number of carbonyl (C=O) groups is 1. The van der Waals surface area contributed by atoms with E-state index in [2.05, 4.69) is 225 Å². The number of hydrogen-bond acceptors (Lipinski definition) is 1. The predicted molar refractivity (Wildman–Crippen MR) is 240 cm³/mol. The molecular formula is C32H43I6OPU2V4-3. The van der Waals surface area contributed by atoms with Gasteiger partial charge >= 0.3 is 114 Å². The van der Waals surface area contributed by atoms with Crippen LogP contribution in [0.25, 0.3) is 0 Å². The van der Waals surface area contributed by atoms with E-state index in [1.165, 1.54) is 54.4 Å². The minimum Gasteiger partial charge on any atom is 0 e. The van der Waals surface area contributed by atoms with Crippen molar-refractivity contribution in [2.45, 2.75) is 52.4 Å². The number of aldehydes is 1. The number of benzene rings is 3. The molecule has 14 heteroatoms. The van der Waals surface area contributed by atoms with Gasteiger partial charge in [-0.15, -0.1) is 36.8 Å². The number of halogens is 6.